The van der Waals surface area contributed by atoms with Gasteiger partial charge in [0, 0.05) is 43.5 Å². The molecule has 7 heteroatoms. The van der Waals surface area contributed by atoms with Crippen LogP contribution in [0.5, 0.6) is 5.75 Å². The first-order chi connectivity index (χ1) is 14.0. The maximum absolute atomic E-state index is 11.6. The van der Waals surface area contributed by atoms with Gasteiger partial charge < -0.3 is 15.2 Å². The highest BCUT2D eigenvalue weighted by Gasteiger charge is 2.30. The average molecular weight is 399 g/mol. The van der Waals surface area contributed by atoms with Crippen molar-refractivity contribution in [3.05, 3.63) is 41.2 Å². The maximum Gasteiger partial charge on any atom is 0.224 e. The van der Waals surface area contributed by atoms with Crippen molar-refractivity contribution in [1.82, 2.24) is 15.1 Å². The molecule has 7 nitrogen and oxygen atoms in total. The standard InChI is InChI=1S/C22H30N4O3/c1-14(2)9-16-10-17(25-24-16)12-26-8-7-21(20(27)13-26)29-18-5-3-15-4-6-22(28)23-19(15)11-18/h3,5,10-11,14,20-21,27H,4,6-9,12-13H2,1-2H3,(H,23,28)(H,24,25)/t20-,21-/m1/s1. The van der Waals surface area contributed by atoms with E-state index < -0.39 is 6.10 Å². The highest BCUT2D eigenvalue weighted by Crippen LogP contribution is 2.29. The highest BCUT2D eigenvalue weighted by molar-refractivity contribution is 5.94. The van der Waals surface area contributed by atoms with Gasteiger partial charge in [-0.2, -0.15) is 5.10 Å². The van der Waals surface area contributed by atoms with Gasteiger partial charge in [-0.3, -0.25) is 14.8 Å². The van der Waals surface area contributed by atoms with Crippen molar-refractivity contribution < 1.29 is 14.6 Å². The molecule has 4 rings (SSSR count). The Morgan fingerprint density at radius 1 is 1.31 bits per heavy atom. The molecule has 3 N–H and O–H groups in total. The topological polar surface area (TPSA) is 90.5 Å². The third-order valence-corrected chi connectivity index (χ3v) is 5.56. The Kier molecular flexibility index (Phi) is 5.87. The molecule has 0 spiro atoms. The van der Waals surface area contributed by atoms with Crippen LogP contribution in [0.4, 0.5) is 5.69 Å². The largest absolute Gasteiger partial charge is 0.488 e. The zero-order valence-electron chi connectivity index (χ0n) is 17.1. The predicted molar refractivity (Wildman–Crippen MR) is 111 cm³/mol. The van der Waals surface area contributed by atoms with Crippen LogP contribution < -0.4 is 10.1 Å². The summed E-state index contributed by atoms with van der Waals surface area (Å²) in [6, 6.07) is 7.91. The molecule has 0 radical (unpaired) electrons. The van der Waals surface area contributed by atoms with Gasteiger partial charge in [0.05, 0.1) is 5.69 Å². The van der Waals surface area contributed by atoms with Crippen LogP contribution in [-0.4, -0.2) is 51.4 Å². The Morgan fingerprint density at radius 3 is 2.97 bits per heavy atom. The molecule has 3 heterocycles. The molecule has 1 aromatic carbocycles. The first-order valence-electron chi connectivity index (χ1n) is 10.5. The van der Waals surface area contributed by atoms with Crippen molar-refractivity contribution in [2.24, 2.45) is 5.92 Å². The molecule has 2 atom stereocenters. The van der Waals surface area contributed by atoms with E-state index in [0.29, 0.717) is 24.6 Å². The quantitative estimate of drug-likeness (QED) is 0.696. The molecule has 1 fully saturated rings. The number of aryl methyl sites for hydroxylation is 1. The van der Waals surface area contributed by atoms with Gasteiger partial charge >= 0.3 is 0 Å². The van der Waals surface area contributed by atoms with Crippen molar-refractivity contribution in [1.29, 1.82) is 0 Å². The summed E-state index contributed by atoms with van der Waals surface area (Å²) >= 11 is 0. The van der Waals surface area contributed by atoms with E-state index in [2.05, 4.69) is 40.3 Å². The van der Waals surface area contributed by atoms with E-state index in [1.54, 1.807) is 0 Å². The number of likely N-dealkylation sites (tertiary alicyclic amines) is 1. The van der Waals surface area contributed by atoms with Crippen LogP contribution in [0, 0.1) is 5.92 Å². The number of rotatable bonds is 6. The van der Waals surface area contributed by atoms with E-state index in [1.807, 2.05) is 18.2 Å². The van der Waals surface area contributed by atoms with Gasteiger partial charge in [0.2, 0.25) is 5.91 Å². The van der Waals surface area contributed by atoms with Crippen LogP contribution in [0.2, 0.25) is 0 Å². The third kappa shape index (κ3) is 4.97. The Hall–Kier alpha value is -2.38. The first-order valence-corrected chi connectivity index (χ1v) is 10.5. The number of carbonyl (C=O) groups is 1. The molecule has 2 aliphatic heterocycles. The van der Waals surface area contributed by atoms with Gasteiger partial charge in [0.1, 0.15) is 18.0 Å². The third-order valence-electron chi connectivity index (χ3n) is 5.56. The lowest BCUT2D eigenvalue weighted by Gasteiger charge is -2.35. The molecule has 2 aliphatic rings. The number of aromatic amines is 1. The van der Waals surface area contributed by atoms with Gasteiger partial charge in [-0.25, -0.2) is 0 Å². The number of ether oxygens (including phenoxy) is 1. The zero-order chi connectivity index (χ0) is 20.4. The number of aliphatic hydroxyl groups excluding tert-OH is 1. The smallest absolute Gasteiger partial charge is 0.224 e. The molecule has 1 aromatic heterocycles. The molecule has 0 bridgehead atoms. The number of hydrogen-bond donors (Lipinski definition) is 3. The van der Waals surface area contributed by atoms with Crippen molar-refractivity contribution in [3.63, 3.8) is 0 Å². The molecule has 29 heavy (non-hydrogen) atoms. The molecule has 1 saturated heterocycles. The summed E-state index contributed by atoms with van der Waals surface area (Å²) in [5.74, 6) is 1.31. The van der Waals surface area contributed by atoms with Crippen molar-refractivity contribution in [2.45, 2.75) is 58.3 Å². The number of fused-ring (bicyclic) bond motifs is 1. The van der Waals surface area contributed by atoms with Crippen LogP contribution >= 0.6 is 0 Å². The number of β-amino-alcohol motifs (C(OH)–C–C–N with tert-alkyl or cyclic N) is 1. The summed E-state index contributed by atoms with van der Waals surface area (Å²) in [4.78, 5) is 13.8. The Bertz CT molecular complexity index is 863. The number of piperidine rings is 1. The van der Waals surface area contributed by atoms with Gasteiger partial charge in [0.15, 0.2) is 0 Å². The fourth-order valence-electron chi connectivity index (χ4n) is 4.11. The van der Waals surface area contributed by atoms with Crippen molar-refractivity contribution >= 4 is 11.6 Å². The maximum atomic E-state index is 11.6. The summed E-state index contributed by atoms with van der Waals surface area (Å²) in [5.41, 5.74) is 4.12. The molecule has 1 amide bonds. The lowest BCUT2D eigenvalue weighted by atomic mass is 10.0. The molecule has 2 aromatic rings. The molecule has 0 saturated carbocycles. The number of benzene rings is 1. The monoisotopic (exact) mass is 398 g/mol. The second-order valence-corrected chi connectivity index (χ2v) is 8.60. The van der Waals surface area contributed by atoms with E-state index in [1.165, 1.54) is 0 Å². The fourth-order valence-corrected chi connectivity index (χ4v) is 4.11. The molecular formula is C22H30N4O3. The number of anilines is 1. The normalized spacial score (nSPS) is 22.4. The van der Waals surface area contributed by atoms with E-state index in [0.717, 1.165) is 55.0 Å². The molecule has 0 unspecified atom stereocenters. The number of aliphatic hydroxyl groups is 1. The second kappa shape index (κ2) is 8.55. The van der Waals surface area contributed by atoms with Gasteiger partial charge in [-0.1, -0.05) is 19.9 Å². The summed E-state index contributed by atoms with van der Waals surface area (Å²) < 4.78 is 6.07. The summed E-state index contributed by atoms with van der Waals surface area (Å²) in [6.45, 7) is 6.53. The minimum absolute atomic E-state index is 0.0401. The number of amides is 1. The van der Waals surface area contributed by atoms with E-state index in [4.69, 9.17) is 4.74 Å². The number of H-pyrrole nitrogens is 1. The predicted octanol–water partition coefficient (Wildman–Crippen LogP) is 2.51. The van der Waals surface area contributed by atoms with Gasteiger partial charge in [-0.15, -0.1) is 0 Å². The Labute approximate surface area is 171 Å². The zero-order valence-corrected chi connectivity index (χ0v) is 17.1. The van der Waals surface area contributed by atoms with Crippen LogP contribution in [-0.2, 0) is 24.2 Å². The number of aromatic nitrogens is 2. The van der Waals surface area contributed by atoms with E-state index >= 15 is 0 Å². The highest BCUT2D eigenvalue weighted by atomic mass is 16.5. The summed E-state index contributed by atoms with van der Waals surface area (Å²) in [6.07, 6.45) is 2.19. The van der Waals surface area contributed by atoms with Crippen LogP contribution in [0.3, 0.4) is 0 Å². The fraction of sp³-hybridized carbons (Fsp3) is 0.545. The van der Waals surface area contributed by atoms with Crippen LogP contribution in [0.25, 0.3) is 0 Å². The lowest BCUT2D eigenvalue weighted by molar-refractivity contribution is -0.116. The van der Waals surface area contributed by atoms with Crippen LogP contribution in [0.1, 0.15) is 43.6 Å². The van der Waals surface area contributed by atoms with Crippen LogP contribution in [0.15, 0.2) is 24.3 Å². The summed E-state index contributed by atoms with van der Waals surface area (Å²) in [7, 11) is 0. The Morgan fingerprint density at radius 2 is 2.17 bits per heavy atom. The lowest BCUT2D eigenvalue weighted by Crippen LogP contribution is -2.48. The minimum Gasteiger partial charge on any atom is -0.488 e. The van der Waals surface area contributed by atoms with E-state index in [9.17, 15) is 9.90 Å². The minimum atomic E-state index is -0.563. The molecule has 0 aliphatic carbocycles. The average Bonchev–Trinajstić information content (AvgIpc) is 3.09. The number of hydrogen-bond acceptors (Lipinski definition) is 5. The Balaban J connectivity index is 1.32. The molecule has 156 valence electrons. The first kappa shape index (κ1) is 19.9. The van der Waals surface area contributed by atoms with E-state index in [-0.39, 0.29) is 12.0 Å². The SMILES string of the molecule is CC(C)Cc1cc(CN2CC[C@@H](Oc3ccc4c(c3)NC(=O)CC4)[C@H](O)C2)[nH]n1. The van der Waals surface area contributed by atoms with Crippen molar-refractivity contribution in [3.8, 4) is 5.75 Å². The number of carbonyl (C=O) groups excluding carboxylic acids is 1. The van der Waals surface area contributed by atoms with Gasteiger partial charge in [-0.05, 0) is 42.9 Å². The molecular weight excluding hydrogens is 368 g/mol. The number of nitrogens with zero attached hydrogens (tertiary/aromatic N) is 2. The van der Waals surface area contributed by atoms with Gasteiger partial charge in [0.25, 0.3) is 0 Å². The second-order valence-electron chi connectivity index (χ2n) is 8.60. The van der Waals surface area contributed by atoms with Crippen molar-refractivity contribution in [2.75, 3.05) is 18.4 Å². The summed E-state index contributed by atoms with van der Waals surface area (Å²) in [5, 5.41) is 21.0. The number of nitrogens with one attached hydrogen (secondary N) is 2.